The van der Waals surface area contributed by atoms with E-state index in [2.05, 4.69) is 37.4 Å². The van der Waals surface area contributed by atoms with Gasteiger partial charge in [0.25, 0.3) is 0 Å². The Kier molecular flexibility index (Phi) is 6.00. The van der Waals surface area contributed by atoms with E-state index in [9.17, 15) is 0 Å². The van der Waals surface area contributed by atoms with E-state index in [0.29, 0.717) is 0 Å². The third-order valence-electron chi connectivity index (χ3n) is 3.62. The summed E-state index contributed by atoms with van der Waals surface area (Å²) < 4.78 is 1.95. The minimum absolute atomic E-state index is 0.238. The molecular weight excluding hydrogens is 234 g/mol. The van der Waals surface area contributed by atoms with Gasteiger partial charge in [-0.15, -0.1) is 11.6 Å². The Bertz CT molecular complexity index is 310. The van der Waals surface area contributed by atoms with Crippen LogP contribution in [0.15, 0.2) is 12.4 Å². The molecule has 0 fully saturated rings. The van der Waals surface area contributed by atoms with Crippen LogP contribution in [0.1, 0.15) is 39.2 Å². The van der Waals surface area contributed by atoms with Crippen LogP contribution in [0.4, 0.5) is 0 Å². The van der Waals surface area contributed by atoms with Gasteiger partial charge < -0.3 is 5.32 Å². The van der Waals surface area contributed by atoms with Crippen molar-refractivity contribution >= 4 is 11.6 Å². The van der Waals surface area contributed by atoms with E-state index in [1.54, 1.807) is 0 Å². The van der Waals surface area contributed by atoms with Crippen molar-refractivity contribution < 1.29 is 0 Å². The van der Waals surface area contributed by atoms with Crippen molar-refractivity contribution in [1.29, 1.82) is 0 Å². The molecule has 0 bridgehead atoms. The molecule has 1 aromatic heterocycles. The van der Waals surface area contributed by atoms with Gasteiger partial charge in [-0.3, -0.25) is 4.68 Å². The molecule has 0 spiro atoms. The van der Waals surface area contributed by atoms with Gasteiger partial charge in [0.1, 0.15) is 0 Å². The average molecular weight is 258 g/mol. The van der Waals surface area contributed by atoms with Gasteiger partial charge in [0.15, 0.2) is 0 Å². The molecular formula is C13H24ClN3. The second-order valence-electron chi connectivity index (χ2n) is 4.65. The van der Waals surface area contributed by atoms with E-state index in [1.807, 2.05) is 10.9 Å². The number of rotatable bonds is 8. The molecule has 0 atom stereocenters. The fourth-order valence-electron chi connectivity index (χ4n) is 1.88. The average Bonchev–Trinajstić information content (AvgIpc) is 2.83. The summed E-state index contributed by atoms with van der Waals surface area (Å²) in [5, 5.41) is 7.76. The lowest BCUT2D eigenvalue weighted by Crippen LogP contribution is -2.34. The number of alkyl halides is 1. The molecule has 1 heterocycles. The van der Waals surface area contributed by atoms with E-state index in [4.69, 9.17) is 11.6 Å². The Balaban J connectivity index is 2.40. The highest BCUT2D eigenvalue weighted by Crippen LogP contribution is 2.26. The van der Waals surface area contributed by atoms with Gasteiger partial charge in [0.05, 0.1) is 6.20 Å². The topological polar surface area (TPSA) is 29.9 Å². The normalized spacial score (nSPS) is 12.0. The fourth-order valence-corrected chi connectivity index (χ4v) is 2.35. The van der Waals surface area contributed by atoms with E-state index in [0.717, 1.165) is 38.4 Å². The molecule has 0 aliphatic rings. The molecule has 0 aliphatic heterocycles. The maximum atomic E-state index is 6.08. The maximum Gasteiger partial charge on any atom is 0.0534 e. The highest BCUT2D eigenvalue weighted by Gasteiger charge is 2.24. The number of hydrogen-bond acceptors (Lipinski definition) is 2. The van der Waals surface area contributed by atoms with Gasteiger partial charge in [-0.1, -0.05) is 13.8 Å². The van der Waals surface area contributed by atoms with E-state index in [-0.39, 0.29) is 5.41 Å². The molecule has 0 radical (unpaired) electrons. The first-order valence-electron chi connectivity index (χ1n) is 6.47. The summed E-state index contributed by atoms with van der Waals surface area (Å²) in [6.07, 6.45) is 6.26. The van der Waals surface area contributed by atoms with Crippen LogP contribution in [0.3, 0.4) is 0 Å². The maximum absolute atomic E-state index is 6.08. The molecule has 0 aromatic carbocycles. The smallest absolute Gasteiger partial charge is 0.0534 e. The Morgan fingerprint density at radius 3 is 2.53 bits per heavy atom. The molecule has 98 valence electrons. The number of hydrogen-bond donors (Lipinski definition) is 1. The van der Waals surface area contributed by atoms with Crippen LogP contribution < -0.4 is 5.32 Å². The molecule has 4 heteroatoms. The largest absolute Gasteiger partial charge is 0.312 e. The highest BCUT2D eigenvalue weighted by molar-refractivity contribution is 6.18. The molecule has 1 aromatic rings. The van der Waals surface area contributed by atoms with Crippen LogP contribution in [0, 0.1) is 5.41 Å². The molecule has 1 rings (SSSR count). The zero-order valence-corrected chi connectivity index (χ0v) is 11.9. The van der Waals surface area contributed by atoms with E-state index in [1.165, 1.54) is 5.56 Å². The number of nitrogens with zero attached hydrogens (tertiary/aromatic N) is 2. The first kappa shape index (κ1) is 14.5. The SMILES string of the molecule is CCn1cc(CNCC(CC)(CC)CCl)cn1. The first-order chi connectivity index (χ1) is 8.19. The third-order valence-corrected chi connectivity index (χ3v) is 4.19. The van der Waals surface area contributed by atoms with Crippen molar-refractivity contribution in [3.05, 3.63) is 18.0 Å². The van der Waals surface area contributed by atoms with Gasteiger partial charge >= 0.3 is 0 Å². The molecule has 0 amide bonds. The summed E-state index contributed by atoms with van der Waals surface area (Å²) in [7, 11) is 0. The molecule has 17 heavy (non-hydrogen) atoms. The monoisotopic (exact) mass is 257 g/mol. The zero-order chi connectivity index (χ0) is 12.7. The Morgan fingerprint density at radius 2 is 2.06 bits per heavy atom. The second kappa shape index (κ2) is 7.02. The van der Waals surface area contributed by atoms with Crippen LogP contribution in [0.2, 0.25) is 0 Å². The Morgan fingerprint density at radius 1 is 1.35 bits per heavy atom. The minimum Gasteiger partial charge on any atom is -0.312 e. The molecule has 0 saturated carbocycles. The standard InChI is InChI=1S/C13H24ClN3/c1-4-13(5-2,10-14)11-15-7-12-8-16-17(6-3)9-12/h8-9,15H,4-7,10-11H2,1-3H3. The van der Waals surface area contributed by atoms with Crippen molar-refractivity contribution in [1.82, 2.24) is 15.1 Å². The summed E-state index contributed by atoms with van der Waals surface area (Å²) in [6.45, 7) is 9.29. The van der Waals surface area contributed by atoms with Crippen LogP contribution in [-0.2, 0) is 13.1 Å². The molecule has 0 aliphatic carbocycles. The van der Waals surface area contributed by atoms with Crippen LogP contribution in [0.25, 0.3) is 0 Å². The van der Waals surface area contributed by atoms with Gasteiger partial charge in [0, 0.05) is 37.3 Å². The molecule has 0 unspecified atom stereocenters. The fraction of sp³-hybridized carbons (Fsp3) is 0.769. The lowest BCUT2D eigenvalue weighted by Gasteiger charge is -2.29. The molecule has 1 N–H and O–H groups in total. The summed E-state index contributed by atoms with van der Waals surface area (Å²) in [6, 6.07) is 0. The molecule has 0 saturated heterocycles. The van der Waals surface area contributed by atoms with Crippen molar-refractivity contribution in [3.63, 3.8) is 0 Å². The predicted octanol–water partition coefficient (Wildman–Crippen LogP) is 3.04. The van der Waals surface area contributed by atoms with Gasteiger partial charge in [-0.25, -0.2) is 0 Å². The summed E-state index contributed by atoms with van der Waals surface area (Å²) in [5.74, 6) is 0.723. The number of aromatic nitrogens is 2. The van der Waals surface area contributed by atoms with Gasteiger partial charge in [-0.2, -0.15) is 5.10 Å². The van der Waals surface area contributed by atoms with Gasteiger partial charge in [-0.05, 0) is 25.2 Å². The summed E-state index contributed by atoms with van der Waals surface area (Å²) >= 11 is 6.08. The van der Waals surface area contributed by atoms with Crippen LogP contribution >= 0.6 is 11.6 Å². The Labute approximate surface area is 110 Å². The number of nitrogens with one attached hydrogen (secondary N) is 1. The quantitative estimate of drug-likeness (QED) is 0.726. The van der Waals surface area contributed by atoms with Crippen LogP contribution in [-0.4, -0.2) is 22.2 Å². The van der Waals surface area contributed by atoms with Crippen molar-refractivity contribution in [3.8, 4) is 0 Å². The lowest BCUT2D eigenvalue weighted by molar-refractivity contribution is 0.286. The highest BCUT2D eigenvalue weighted by atomic mass is 35.5. The summed E-state index contributed by atoms with van der Waals surface area (Å²) in [4.78, 5) is 0. The summed E-state index contributed by atoms with van der Waals surface area (Å²) in [5.41, 5.74) is 1.48. The van der Waals surface area contributed by atoms with E-state index < -0.39 is 0 Å². The third kappa shape index (κ3) is 4.00. The Hall–Kier alpha value is -0.540. The second-order valence-corrected chi connectivity index (χ2v) is 4.92. The zero-order valence-electron chi connectivity index (χ0n) is 11.2. The lowest BCUT2D eigenvalue weighted by atomic mass is 9.84. The predicted molar refractivity (Wildman–Crippen MR) is 73.3 cm³/mol. The number of halogens is 1. The van der Waals surface area contributed by atoms with E-state index >= 15 is 0 Å². The van der Waals surface area contributed by atoms with Crippen molar-refractivity contribution in [2.24, 2.45) is 5.41 Å². The van der Waals surface area contributed by atoms with Gasteiger partial charge in [0.2, 0.25) is 0 Å². The minimum atomic E-state index is 0.238. The first-order valence-corrected chi connectivity index (χ1v) is 7.01. The molecule has 3 nitrogen and oxygen atoms in total. The van der Waals surface area contributed by atoms with Crippen molar-refractivity contribution in [2.45, 2.75) is 46.7 Å². The van der Waals surface area contributed by atoms with Crippen molar-refractivity contribution in [2.75, 3.05) is 12.4 Å². The van der Waals surface area contributed by atoms with Crippen LogP contribution in [0.5, 0.6) is 0 Å². The number of aryl methyl sites for hydroxylation is 1.